The number of hydrogen-bond acceptors (Lipinski definition) is 12. The number of aliphatic hydroxyl groups is 1. The molecule has 10 rings (SSSR count). The Balaban J connectivity index is 1.24. The normalized spacial score (nSPS) is 23.7. The van der Waals surface area contributed by atoms with Crippen LogP contribution in [0.3, 0.4) is 0 Å². The van der Waals surface area contributed by atoms with Crippen molar-refractivity contribution in [2.24, 2.45) is 5.92 Å². The van der Waals surface area contributed by atoms with E-state index in [2.05, 4.69) is 28.1 Å². The smallest absolute Gasteiger partial charge is 0.421 e. The van der Waals surface area contributed by atoms with Gasteiger partial charge in [0.05, 0.1) is 50.1 Å². The number of fused-ring (bicyclic) bond motifs is 3. The number of amides is 3. The Labute approximate surface area is 413 Å². The summed E-state index contributed by atoms with van der Waals surface area (Å²) >= 11 is 0. The Bertz CT molecular complexity index is 2860. The minimum absolute atomic E-state index is 0.0165. The van der Waals surface area contributed by atoms with Crippen LogP contribution in [0.5, 0.6) is 5.75 Å². The van der Waals surface area contributed by atoms with Crippen molar-refractivity contribution in [3.8, 4) is 17.6 Å². The topological polar surface area (TPSA) is 156 Å². The number of carbonyl (C=O) groups excluding carboxylic acids is 4. The van der Waals surface area contributed by atoms with E-state index in [1.165, 1.54) is 7.11 Å². The summed E-state index contributed by atoms with van der Waals surface area (Å²) in [7, 11) is 1.48. The Morgan fingerprint density at radius 2 is 1.55 bits per heavy atom. The minimum atomic E-state index is -2.05. The van der Waals surface area contributed by atoms with E-state index in [4.69, 9.17) is 23.7 Å². The Morgan fingerprint density at radius 3 is 2.27 bits per heavy atom. The zero-order valence-electron chi connectivity index (χ0n) is 39.5. The molecule has 5 aromatic carbocycles. The van der Waals surface area contributed by atoms with Crippen molar-refractivity contribution in [3.63, 3.8) is 0 Å². The van der Waals surface area contributed by atoms with Crippen LogP contribution in [0.1, 0.15) is 71.7 Å². The number of morpholine rings is 2. The SMILES string of the molecule is COCCOC(=O)N1C(=O)C2(c3cc(C#CC4=CCCCC4)ccc31)C(C(=O)Nc1ccc(N3CCOCC3)cc1)C1C(=O)OC(c3ccccc3)C(c3ccccc3)N1C2c1cccc(OCCO)c1. The molecule has 1 spiro atoms. The number of allylic oxidation sites excluding steroid dienone is 2. The van der Waals surface area contributed by atoms with Crippen molar-refractivity contribution in [2.45, 2.75) is 55.3 Å². The van der Waals surface area contributed by atoms with E-state index >= 15 is 14.4 Å². The molecule has 1 aliphatic carbocycles. The van der Waals surface area contributed by atoms with E-state index in [0.717, 1.165) is 47.4 Å². The van der Waals surface area contributed by atoms with Crippen LogP contribution in [-0.4, -0.2) is 99.8 Å². The van der Waals surface area contributed by atoms with Gasteiger partial charge in [-0.1, -0.05) is 90.7 Å². The van der Waals surface area contributed by atoms with Crippen LogP contribution in [0.25, 0.3) is 0 Å². The van der Waals surface area contributed by atoms with Gasteiger partial charge in [-0.15, -0.1) is 0 Å². The number of aliphatic hydroxyl groups excluding tert-OH is 1. The number of cyclic esters (lactones) is 1. The van der Waals surface area contributed by atoms with Crippen molar-refractivity contribution >= 4 is 40.9 Å². The molecule has 5 aromatic rings. The van der Waals surface area contributed by atoms with E-state index in [9.17, 15) is 9.90 Å². The molecule has 3 saturated heterocycles. The van der Waals surface area contributed by atoms with Crippen LogP contribution in [0.4, 0.5) is 21.9 Å². The molecule has 0 saturated carbocycles. The van der Waals surface area contributed by atoms with Crippen LogP contribution < -0.4 is 19.9 Å². The largest absolute Gasteiger partial charge is 0.491 e. The minimum Gasteiger partial charge on any atom is -0.491 e. The molecule has 6 atom stereocenters. The van der Waals surface area contributed by atoms with E-state index in [1.807, 2.05) is 83.8 Å². The Hall–Kier alpha value is -7.28. The lowest BCUT2D eigenvalue weighted by Gasteiger charge is -2.46. The van der Waals surface area contributed by atoms with Gasteiger partial charge in [-0.05, 0) is 108 Å². The molecular formula is C57H56N4O10. The fourth-order valence-corrected chi connectivity index (χ4v) is 11.1. The Kier molecular flexibility index (Phi) is 14.0. The fraction of sp³-hybridized carbons (Fsp3) is 0.333. The molecular weight excluding hydrogens is 901 g/mol. The highest BCUT2D eigenvalue weighted by Gasteiger charge is 2.76. The molecule has 3 amide bonds. The molecule has 14 nitrogen and oxygen atoms in total. The maximum Gasteiger partial charge on any atom is 0.421 e. The quantitative estimate of drug-likeness (QED) is 0.0711. The zero-order chi connectivity index (χ0) is 48.9. The molecule has 2 N–H and O–H groups in total. The predicted molar refractivity (Wildman–Crippen MR) is 266 cm³/mol. The number of nitrogens with zero attached hydrogens (tertiary/aromatic N) is 3. The second-order valence-corrected chi connectivity index (χ2v) is 18.2. The molecule has 0 aromatic heterocycles. The van der Waals surface area contributed by atoms with Crippen LogP contribution in [0, 0.1) is 17.8 Å². The first-order chi connectivity index (χ1) is 34.8. The summed E-state index contributed by atoms with van der Waals surface area (Å²) in [5.74, 6) is 3.41. The second-order valence-electron chi connectivity index (χ2n) is 18.2. The zero-order valence-corrected chi connectivity index (χ0v) is 39.5. The van der Waals surface area contributed by atoms with Crippen molar-refractivity contribution in [3.05, 3.63) is 167 Å². The summed E-state index contributed by atoms with van der Waals surface area (Å²) in [4.78, 5) is 67.9. The van der Waals surface area contributed by atoms with Gasteiger partial charge in [0.1, 0.15) is 36.5 Å². The maximum absolute atomic E-state index is 16.6. The van der Waals surface area contributed by atoms with Crippen molar-refractivity contribution in [2.75, 3.05) is 75.0 Å². The van der Waals surface area contributed by atoms with Gasteiger partial charge in [-0.3, -0.25) is 19.3 Å². The van der Waals surface area contributed by atoms with Crippen LogP contribution in [0.15, 0.2) is 139 Å². The third kappa shape index (κ3) is 9.06. The first kappa shape index (κ1) is 47.4. The highest BCUT2D eigenvalue weighted by atomic mass is 16.6. The maximum atomic E-state index is 16.6. The molecule has 6 unspecified atom stereocenters. The molecule has 5 aliphatic rings. The average molecular weight is 957 g/mol. The van der Waals surface area contributed by atoms with Gasteiger partial charge in [-0.25, -0.2) is 9.69 Å². The first-order valence-corrected chi connectivity index (χ1v) is 24.3. The van der Waals surface area contributed by atoms with Crippen LogP contribution >= 0.6 is 0 Å². The highest BCUT2D eigenvalue weighted by Crippen LogP contribution is 2.66. The lowest BCUT2D eigenvalue weighted by molar-refractivity contribution is -0.177. The Morgan fingerprint density at radius 1 is 0.803 bits per heavy atom. The number of imide groups is 1. The summed E-state index contributed by atoms with van der Waals surface area (Å²) in [6.07, 6.45) is 4.15. The van der Waals surface area contributed by atoms with E-state index in [0.29, 0.717) is 60.0 Å². The van der Waals surface area contributed by atoms with Gasteiger partial charge >= 0.3 is 12.1 Å². The van der Waals surface area contributed by atoms with Crippen LogP contribution in [-0.2, 0) is 38.7 Å². The van der Waals surface area contributed by atoms with Gasteiger partial charge in [0, 0.05) is 37.1 Å². The molecule has 0 bridgehead atoms. The lowest BCUT2D eigenvalue weighted by Crippen LogP contribution is -2.54. The third-order valence-corrected chi connectivity index (χ3v) is 14.1. The molecule has 4 heterocycles. The van der Waals surface area contributed by atoms with E-state index in [-0.39, 0.29) is 32.1 Å². The number of esters is 1. The molecule has 4 aliphatic heterocycles. The molecule has 364 valence electrons. The van der Waals surface area contributed by atoms with Gasteiger partial charge < -0.3 is 39.0 Å². The summed E-state index contributed by atoms with van der Waals surface area (Å²) < 4.78 is 29.2. The number of benzene rings is 5. The van der Waals surface area contributed by atoms with Gasteiger partial charge in [0.15, 0.2) is 0 Å². The van der Waals surface area contributed by atoms with Crippen LogP contribution in [0.2, 0.25) is 0 Å². The van der Waals surface area contributed by atoms with Crippen molar-refractivity contribution in [1.29, 1.82) is 0 Å². The standard InChI is InChI=1S/C57H56N4O10/c1-67-34-35-70-56(66)60-47-27-22-39(21-20-38-12-5-2-6-13-38)36-46(47)57(55(60)65)48(53(63)58-43-23-25-44(26-24-43)59-28-31-68-32-29-59)50-54(64)71-51(41-16-9-4-10-17-41)49(40-14-7-3-8-15-40)61(50)52(57)42-18-11-19-45(37-42)69-33-30-62/h3-4,7-12,14-19,22-27,36-37,48-52,62H,2,5-6,13,28-35H2,1H3,(H,58,63). The number of carbonyl (C=O) groups is 4. The van der Waals surface area contributed by atoms with Gasteiger partial charge in [-0.2, -0.15) is 0 Å². The molecule has 0 radical (unpaired) electrons. The summed E-state index contributed by atoms with van der Waals surface area (Å²) in [6.45, 7) is 2.26. The number of rotatable bonds is 12. The predicted octanol–water partition coefficient (Wildman–Crippen LogP) is 7.83. The summed E-state index contributed by atoms with van der Waals surface area (Å²) in [6, 6.07) is 35.4. The lowest BCUT2D eigenvalue weighted by atomic mass is 9.65. The fourth-order valence-electron chi connectivity index (χ4n) is 11.1. The first-order valence-electron chi connectivity index (χ1n) is 24.3. The molecule has 3 fully saturated rings. The highest BCUT2D eigenvalue weighted by molar-refractivity contribution is 6.24. The number of hydrogen-bond donors (Lipinski definition) is 2. The third-order valence-electron chi connectivity index (χ3n) is 14.1. The molecule has 71 heavy (non-hydrogen) atoms. The summed E-state index contributed by atoms with van der Waals surface area (Å²) in [5.41, 5.74) is 3.37. The van der Waals surface area contributed by atoms with Crippen molar-refractivity contribution < 1.29 is 48.0 Å². The number of anilines is 3. The van der Waals surface area contributed by atoms with Gasteiger partial charge in [0.2, 0.25) is 11.8 Å². The van der Waals surface area contributed by atoms with Gasteiger partial charge in [0.25, 0.3) is 0 Å². The number of nitrogens with one attached hydrogen (secondary N) is 1. The van der Waals surface area contributed by atoms with E-state index < -0.39 is 59.4 Å². The number of ether oxygens (including phenoxy) is 5. The van der Waals surface area contributed by atoms with E-state index in [1.54, 1.807) is 48.5 Å². The molecule has 14 heteroatoms. The average Bonchev–Trinajstić information content (AvgIpc) is 3.87. The summed E-state index contributed by atoms with van der Waals surface area (Å²) in [5, 5.41) is 13.0. The monoisotopic (exact) mass is 956 g/mol. The van der Waals surface area contributed by atoms with Crippen molar-refractivity contribution in [1.82, 2.24) is 4.90 Å². The number of methoxy groups -OCH3 is 1. The second kappa shape index (κ2) is 21.0.